The Hall–Kier alpha value is -1.54. The molecule has 0 unspecified atom stereocenters. The van der Waals surface area contributed by atoms with Crippen molar-refractivity contribution in [3.8, 4) is 0 Å². The minimum absolute atomic E-state index is 0.575. The average Bonchev–Trinajstić information content (AvgIpc) is 2.10. The van der Waals surface area contributed by atoms with E-state index < -0.39 is 23.0 Å². The van der Waals surface area contributed by atoms with Crippen LogP contribution in [0.4, 0.5) is 0 Å². The number of nitrogens with one attached hydrogen (secondary N) is 1. The Bertz CT molecular complexity index is 303. The largest absolute Gasteiger partial charge is 0.326 e. The molecule has 0 bridgehead atoms. The normalized spacial score (nSPS) is 26.1. The van der Waals surface area contributed by atoms with Crippen molar-refractivity contribution in [2.24, 2.45) is 4.99 Å². The fraction of sp³-hybridized carbons (Fsp3) is 0.714. The van der Waals surface area contributed by atoms with Gasteiger partial charge in [-0.25, -0.2) is 15.4 Å². The van der Waals surface area contributed by atoms with Crippen molar-refractivity contribution in [1.29, 1.82) is 0 Å². The van der Waals surface area contributed by atoms with Crippen LogP contribution in [-0.4, -0.2) is 60.4 Å². The Morgan fingerprint density at radius 2 is 2.27 bits per heavy atom. The second kappa shape index (κ2) is 4.32. The van der Waals surface area contributed by atoms with E-state index in [0.717, 1.165) is 4.90 Å². The molecule has 1 aliphatic rings. The highest BCUT2D eigenvalue weighted by molar-refractivity contribution is 5.92. The van der Waals surface area contributed by atoms with Crippen LogP contribution < -0.4 is 5.43 Å². The van der Waals surface area contributed by atoms with E-state index >= 15 is 0 Å². The van der Waals surface area contributed by atoms with E-state index in [0.29, 0.717) is 0 Å². The Morgan fingerprint density at radius 1 is 1.67 bits per heavy atom. The van der Waals surface area contributed by atoms with Crippen LogP contribution in [0.2, 0.25) is 0 Å². The van der Waals surface area contributed by atoms with Gasteiger partial charge in [0.05, 0.1) is 6.34 Å². The second-order valence-corrected chi connectivity index (χ2v) is 3.41. The van der Waals surface area contributed by atoms with Crippen molar-refractivity contribution in [1.82, 2.24) is 15.3 Å². The maximum atomic E-state index is 11.5. The molecule has 0 aromatic rings. The van der Waals surface area contributed by atoms with Gasteiger partial charge in [0, 0.05) is 26.1 Å². The highest BCUT2D eigenvalue weighted by Gasteiger charge is 2.43. The number of hydrazine groups is 1. The van der Waals surface area contributed by atoms with Gasteiger partial charge in [-0.2, -0.15) is 0 Å². The molecule has 84 valence electrons. The number of nitro groups is 1. The van der Waals surface area contributed by atoms with Crippen molar-refractivity contribution in [3.63, 3.8) is 0 Å². The van der Waals surface area contributed by atoms with Gasteiger partial charge in [-0.3, -0.25) is 14.9 Å². The summed E-state index contributed by atoms with van der Waals surface area (Å²) < 4.78 is 0. The zero-order valence-corrected chi connectivity index (χ0v) is 8.75. The number of carbonyl (C=O) groups is 1. The van der Waals surface area contributed by atoms with Gasteiger partial charge < -0.3 is 4.90 Å². The predicted octanol–water partition coefficient (Wildman–Crippen LogP) is -1.48. The van der Waals surface area contributed by atoms with Crippen molar-refractivity contribution >= 4 is 12.2 Å². The van der Waals surface area contributed by atoms with Crippen LogP contribution in [0, 0.1) is 10.1 Å². The van der Waals surface area contributed by atoms with Crippen LogP contribution >= 0.6 is 0 Å². The van der Waals surface area contributed by atoms with Crippen LogP contribution in [0.5, 0.6) is 0 Å². The van der Waals surface area contributed by atoms with Crippen LogP contribution in [0.15, 0.2) is 4.99 Å². The summed E-state index contributed by atoms with van der Waals surface area (Å²) in [6, 6.07) is -1.37. The van der Waals surface area contributed by atoms with E-state index in [2.05, 4.69) is 10.4 Å². The minimum Gasteiger partial charge on any atom is -0.300 e. The first-order chi connectivity index (χ1) is 6.93. The fourth-order valence-corrected chi connectivity index (χ4v) is 1.23. The smallest absolute Gasteiger partial charge is 0.300 e. The molecule has 8 nitrogen and oxygen atoms in total. The van der Waals surface area contributed by atoms with E-state index in [-0.39, 0.29) is 0 Å². The number of rotatable bonds is 3. The number of hydrogen-bond donors (Lipinski definition) is 1. The molecular formula is C7H13N5O3. The monoisotopic (exact) mass is 215 g/mol. The molecule has 0 saturated heterocycles. The van der Waals surface area contributed by atoms with E-state index in [1.807, 2.05) is 0 Å². The Balaban J connectivity index is 2.89. The molecule has 1 rings (SSSR count). The zero-order chi connectivity index (χ0) is 11.6. The lowest BCUT2D eigenvalue weighted by molar-refractivity contribution is -0.514. The minimum atomic E-state index is -1.37. The molecule has 0 saturated carbocycles. The summed E-state index contributed by atoms with van der Waals surface area (Å²) in [4.78, 5) is 26.6. The number of nitrogens with zero attached hydrogens (tertiary/aromatic N) is 4. The molecule has 15 heavy (non-hydrogen) atoms. The topological polar surface area (TPSA) is 91.1 Å². The van der Waals surface area contributed by atoms with Crippen molar-refractivity contribution in [2.75, 3.05) is 21.1 Å². The first-order valence-electron chi connectivity index (χ1n) is 4.30. The summed E-state index contributed by atoms with van der Waals surface area (Å²) in [5.74, 6) is -0.575. The molecule has 1 amide bonds. The molecule has 0 radical (unpaired) electrons. The maximum absolute atomic E-state index is 11.5. The molecule has 2 atom stereocenters. The predicted molar refractivity (Wildman–Crippen MR) is 52.7 cm³/mol. The third-order valence-corrected chi connectivity index (χ3v) is 1.92. The number of likely N-dealkylation sites (N-methyl/N-ethyl adjacent to an activating group) is 1. The van der Waals surface area contributed by atoms with Gasteiger partial charge in [-0.1, -0.05) is 0 Å². The molecular weight excluding hydrogens is 202 g/mol. The standard InChI is InChI=1S/C7H13N5O3/c1-10(2)9-6-5(12(14)15)7(13)11(3)4-8-6/h4-6,9H,1-3H3/t5-,6-/m1/s1. The maximum Gasteiger partial charge on any atom is 0.326 e. The zero-order valence-electron chi connectivity index (χ0n) is 8.75. The van der Waals surface area contributed by atoms with Gasteiger partial charge in [-0.05, 0) is 0 Å². The van der Waals surface area contributed by atoms with Gasteiger partial charge in [-0.15, -0.1) is 0 Å². The SMILES string of the molecule is CN(C)N[C@H]1N=CN(C)C(=O)[C@@H]1[N+](=O)[O-]. The molecule has 1 aliphatic heterocycles. The first kappa shape index (κ1) is 11.5. The summed E-state index contributed by atoms with van der Waals surface area (Å²) >= 11 is 0. The number of amides is 1. The lowest BCUT2D eigenvalue weighted by atomic mass is 10.2. The number of aliphatic imine (C=N–C) groups is 1. The molecule has 8 heteroatoms. The summed E-state index contributed by atoms with van der Waals surface area (Å²) in [5.41, 5.74) is 2.71. The lowest BCUT2D eigenvalue weighted by Gasteiger charge is -2.27. The van der Waals surface area contributed by atoms with Gasteiger partial charge in [0.25, 0.3) is 0 Å². The third kappa shape index (κ3) is 2.48. The van der Waals surface area contributed by atoms with E-state index in [1.54, 1.807) is 14.1 Å². The molecule has 1 N–H and O–H groups in total. The third-order valence-electron chi connectivity index (χ3n) is 1.92. The molecule has 0 fully saturated rings. The van der Waals surface area contributed by atoms with Crippen LogP contribution in [0.3, 0.4) is 0 Å². The van der Waals surface area contributed by atoms with E-state index in [4.69, 9.17) is 0 Å². The highest BCUT2D eigenvalue weighted by atomic mass is 16.6. The fourth-order valence-electron chi connectivity index (χ4n) is 1.23. The summed E-state index contributed by atoms with van der Waals surface area (Å²) in [6.07, 6.45) is 0.433. The molecule has 0 aliphatic carbocycles. The quantitative estimate of drug-likeness (QED) is 0.458. The van der Waals surface area contributed by atoms with Crippen molar-refractivity contribution in [3.05, 3.63) is 10.1 Å². The average molecular weight is 215 g/mol. The van der Waals surface area contributed by atoms with Crippen molar-refractivity contribution in [2.45, 2.75) is 12.2 Å². The van der Waals surface area contributed by atoms with Crippen LogP contribution in [-0.2, 0) is 4.79 Å². The van der Waals surface area contributed by atoms with Gasteiger partial charge >= 0.3 is 11.9 Å². The summed E-state index contributed by atoms with van der Waals surface area (Å²) in [7, 11) is 4.79. The van der Waals surface area contributed by atoms with E-state index in [9.17, 15) is 14.9 Å². The van der Waals surface area contributed by atoms with Crippen molar-refractivity contribution < 1.29 is 9.72 Å². The molecule has 0 aromatic heterocycles. The Kier molecular flexibility index (Phi) is 3.32. The van der Waals surface area contributed by atoms with E-state index in [1.165, 1.54) is 18.4 Å². The molecule has 0 aromatic carbocycles. The Labute approximate surface area is 86.7 Å². The Morgan fingerprint density at radius 3 is 2.73 bits per heavy atom. The van der Waals surface area contributed by atoms with Gasteiger partial charge in [0.15, 0.2) is 6.17 Å². The lowest BCUT2D eigenvalue weighted by Crippen LogP contribution is -2.57. The molecule has 1 heterocycles. The van der Waals surface area contributed by atoms with Crippen LogP contribution in [0.25, 0.3) is 0 Å². The van der Waals surface area contributed by atoms with Crippen LogP contribution in [0.1, 0.15) is 0 Å². The summed E-state index contributed by atoms with van der Waals surface area (Å²) in [6.45, 7) is 0. The van der Waals surface area contributed by atoms with Gasteiger partial charge in [0.1, 0.15) is 0 Å². The summed E-state index contributed by atoms with van der Waals surface area (Å²) in [5, 5.41) is 12.3. The number of carbonyl (C=O) groups excluding carboxylic acids is 1. The first-order valence-corrected chi connectivity index (χ1v) is 4.30. The molecule has 0 spiro atoms. The van der Waals surface area contributed by atoms with Gasteiger partial charge in [0.2, 0.25) is 0 Å². The number of hydrogen-bond acceptors (Lipinski definition) is 6. The highest BCUT2D eigenvalue weighted by Crippen LogP contribution is 2.08. The second-order valence-electron chi connectivity index (χ2n) is 3.41.